The lowest BCUT2D eigenvalue weighted by atomic mass is 10.5. The molecule has 0 saturated heterocycles. The Labute approximate surface area is 78.9 Å². The predicted molar refractivity (Wildman–Crippen MR) is 50.9 cm³/mol. The molecule has 0 radical (unpaired) electrons. The van der Waals surface area contributed by atoms with E-state index >= 15 is 0 Å². The Hall–Kier alpha value is 0.880. The molecule has 4 heteroatoms. The third kappa shape index (κ3) is 23.2. The van der Waals surface area contributed by atoms with Crippen LogP contribution in [0.2, 0.25) is 0 Å². The third-order valence-corrected chi connectivity index (χ3v) is 1.70. The van der Waals surface area contributed by atoms with Gasteiger partial charge < -0.3 is 10.2 Å². The molecule has 0 rings (SSSR count). The molecular formula is C6H14Br2O2. The molecule has 0 fully saturated rings. The molecule has 64 valence electrons. The van der Waals surface area contributed by atoms with Crippen molar-refractivity contribution in [1.82, 2.24) is 0 Å². The highest BCUT2D eigenvalue weighted by molar-refractivity contribution is 9.09. The van der Waals surface area contributed by atoms with Crippen LogP contribution in [-0.4, -0.2) is 33.1 Å². The molecule has 0 bridgehead atoms. The lowest BCUT2D eigenvalue weighted by molar-refractivity contribution is 0.222. The molecule has 0 amide bonds. The van der Waals surface area contributed by atoms with Gasteiger partial charge in [0.2, 0.25) is 0 Å². The van der Waals surface area contributed by atoms with Gasteiger partial charge in [-0.1, -0.05) is 38.8 Å². The van der Waals surface area contributed by atoms with Crippen LogP contribution in [0.4, 0.5) is 0 Å². The van der Waals surface area contributed by atoms with Crippen molar-refractivity contribution in [2.45, 2.75) is 24.8 Å². The van der Waals surface area contributed by atoms with E-state index in [1.54, 1.807) is 6.92 Å². The number of alkyl halides is 2. The third-order valence-electron chi connectivity index (χ3n) is 0.475. The first-order valence-electron chi connectivity index (χ1n) is 3.03. The second-order valence-electron chi connectivity index (χ2n) is 1.97. The van der Waals surface area contributed by atoms with Crippen LogP contribution in [0.15, 0.2) is 0 Å². The van der Waals surface area contributed by atoms with Crippen LogP contribution in [0.3, 0.4) is 0 Å². The summed E-state index contributed by atoms with van der Waals surface area (Å²) in [4.78, 5) is 0.252. The smallest absolute Gasteiger partial charge is 0.0608 e. The summed E-state index contributed by atoms with van der Waals surface area (Å²) in [5, 5.41) is 17.1. The van der Waals surface area contributed by atoms with Gasteiger partial charge in [0, 0.05) is 10.2 Å². The molecule has 0 aromatic rings. The fraction of sp³-hybridized carbons (Fsp3) is 1.00. The van der Waals surface area contributed by atoms with Crippen molar-refractivity contribution in [3.63, 3.8) is 0 Å². The molecule has 0 aromatic heterocycles. The average Bonchev–Trinajstić information content (AvgIpc) is 1.89. The van der Waals surface area contributed by atoms with Crippen molar-refractivity contribution in [2.75, 3.05) is 11.9 Å². The maximum absolute atomic E-state index is 8.31. The zero-order valence-corrected chi connectivity index (χ0v) is 9.39. The quantitative estimate of drug-likeness (QED) is 0.752. The van der Waals surface area contributed by atoms with E-state index in [1.165, 1.54) is 0 Å². The van der Waals surface area contributed by atoms with Crippen LogP contribution >= 0.6 is 31.9 Å². The Morgan fingerprint density at radius 1 is 1.40 bits per heavy atom. The van der Waals surface area contributed by atoms with Crippen molar-refractivity contribution in [2.24, 2.45) is 0 Å². The van der Waals surface area contributed by atoms with E-state index in [0.717, 1.165) is 0 Å². The number of halogens is 2. The topological polar surface area (TPSA) is 40.5 Å². The number of rotatable bonds is 2. The lowest BCUT2D eigenvalue weighted by Crippen LogP contribution is -1.97. The average molecular weight is 278 g/mol. The highest BCUT2D eigenvalue weighted by Crippen LogP contribution is 1.91. The summed E-state index contributed by atoms with van der Waals surface area (Å²) in [5.41, 5.74) is 0. The van der Waals surface area contributed by atoms with E-state index in [2.05, 4.69) is 31.9 Å². The van der Waals surface area contributed by atoms with Crippen LogP contribution in [0, 0.1) is 0 Å². The summed E-state index contributed by atoms with van der Waals surface area (Å²) >= 11 is 6.19. The molecule has 10 heavy (non-hydrogen) atoms. The minimum atomic E-state index is -0.199. The number of hydrogen-bond donors (Lipinski definition) is 2. The second-order valence-corrected chi connectivity index (χ2v) is 4.18. The zero-order valence-electron chi connectivity index (χ0n) is 6.22. The van der Waals surface area contributed by atoms with E-state index in [-0.39, 0.29) is 17.5 Å². The predicted octanol–water partition coefficient (Wildman–Crippen LogP) is 1.52. The molecule has 2 unspecified atom stereocenters. The van der Waals surface area contributed by atoms with Crippen LogP contribution in [0.1, 0.15) is 13.8 Å². The first-order chi connectivity index (χ1) is 4.54. The zero-order chi connectivity index (χ0) is 8.57. The maximum Gasteiger partial charge on any atom is 0.0608 e. The molecular weight excluding hydrogens is 264 g/mol. The van der Waals surface area contributed by atoms with Gasteiger partial charge in [0.15, 0.2) is 0 Å². The molecule has 0 aromatic carbocycles. The Bertz CT molecular complexity index is 49.7. The largest absolute Gasteiger partial charge is 0.395 e. The molecule has 0 aliphatic carbocycles. The van der Waals surface area contributed by atoms with Gasteiger partial charge in [-0.15, -0.1) is 0 Å². The lowest BCUT2D eigenvalue weighted by Gasteiger charge is -1.89. The summed E-state index contributed by atoms with van der Waals surface area (Å²) < 4.78 is 0. The Morgan fingerprint density at radius 3 is 1.60 bits per heavy atom. The van der Waals surface area contributed by atoms with E-state index < -0.39 is 0 Å². The monoisotopic (exact) mass is 276 g/mol. The maximum atomic E-state index is 8.31. The van der Waals surface area contributed by atoms with Crippen molar-refractivity contribution in [3.8, 4) is 0 Å². The van der Waals surface area contributed by atoms with E-state index in [1.807, 2.05) is 6.92 Å². The van der Waals surface area contributed by atoms with Crippen LogP contribution < -0.4 is 0 Å². The summed E-state index contributed by atoms with van der Waals surface area (Å²) in [6.07, 6.45) is -0.199. The van der Waals surface area contributed by atoms with Crippen molar-refractivity contribution in [3.05, 3.63) is 0 Å². The van der Waals surface area contributed by atoms with E-state index in [0.29, 0.717) is 5.33 Å². The molecule has 0 heterocycles. The normalized spacial score (nSPS) is 15.0. The highest BCUT2D eigenvalue weighted by atomic mass is 79.9. The van der Waals surface area contributed by atoms with Crippen LogP contribution in [0.5, 0.6) is 0 Å². The number of aliphatic hydroxyl groups excluding tert-OH is 2. The number of aliphatic hydroxyl groups is 2. The molecule has 0 spiro atoms. The molecule has 0 aliphatic heterocycles. The minimum Gasteiger partial charge on any atom is -0.395 e. The highest BCUT2D eigenvalue weighted by Gasteiger charge is 1.84. The summed E-state index contributed by atoms with van der Waals surface area (Å²) in [6, 6.07) is 0. The Balaban J connectivity index is 0. The van der Waals surface area contributed by atoms with Gasteiger partial charge >= 0.3 is 0 Å². The van der Waals surface area contributed by atoms with Crippen LogP contribution in [-0.2, 0) is 0 Å². The van der Waals surface area contributed by atoms with E-state index in [4.69, 9.17) is 10.2 Å². The van der Waals surface area contributed by atoms with Gasteiger partial charge in [-0.3, -0.25) is 0 Å². The summed E-state index contributed by atoms with van der Waals surface area (Å²) in [6.45, 7) is 3.84. The van der Waals surface area contributed by atoms with Gasteiger partial charge in [-0.25, -0.2) is 0 Å². The molecule has 2 nitrogen and oxygen atoms in total. The fourth-order valence-corrected chi connectivity index (χ4v) is 0. The SMILES string of the molecule is CC(Br)CO.CC(O)CBr. The van der Waals surface area contributed by atoms with Crippen molar-refractivity contribution in [1.29, 1.82) is 0 Å². The minimum absolute atomic E-state index is 0.199. The summed E-state index contributed by atoms with van der Waals surface area (Å²) in [7, 11) is 0. The van der Waals surface area contributed by atoms with Crippen LogP contribution in [0.25, 0.3) is 0 Å². The van der Waals surface area contributed by atoms with Gasteiger partial charge in [0.25, 0.3) is 0 Å². The van der Waals surface area contributed by atoms with Gasteiger partial charge in [0.05, 0.1) is 12.7 Å². The molecule has 2 atom stereocenters. The van der Waals surface area contributed by atoms with Gasteiger partial charge in [-0.05, 0) is 6.92 Å². The van der Waals surface area contributed by atoms with Crippen molar-refractivity contribution >= 4 is 31.9 Å². The second kappa shape index (κ2) is 9.88. The number of hydrogen-bond acceptors (Lipinski definition) is 2. The Kier molecular flexibility index (Phi) is 13.3. The fourth-order valence-electron chi connectivity index (χ4n) is 0. The Morgan fingerprint density at radius 2 is 1.60 bits per heavy atom. The summed E-state index contributed by atoms with van der Waals surface area (Å²) in [5.74, 6) is 0. The molecule has 2 N–H and O–H groups in total. The van der Waals surface area contributed by atoms with Crippen molar-refractivity contribution < 1.29 is 10.2 Å². The first kappa shape index (κ1) is 13.5. The van der Waals surface area contributed by atoms with Gasteiger partial charge in [0.1, 0.15) is 0 Å². The van der Waals surface area contributed by atoms with E-state index in [9.17, 15) is 0 Å². The molecule has 0 saturated carbocycles. The van der Waals surface area contributed by atoms with Gasteiger partial charge in [-0.2, -0.15) is 0 Å². The first-order valence-corrected chi connectivity index (χ1v) is 5.07. The molecule has 0 aliphatic rings. The standard InChI is InChI=1S/2C3H7BrO/c1-3(4)2-5;1-3(5)2-4/h2*3,5H,2H2,1H3.